The van der Waals surface area contributed by atoms with Gasteiger partial charge in [0.2, 0.25) is 0 Å². The Labute approximate surface area is 119 Å². The summed E-state index contributed by atoms with van der Waals surface area (Å²) in [6.07, 6.45) is 1.20. The molecule has 1 heterocycles. The van der Waals surface area contributed by atoms with E-state index < -0.39 is 5.82 Å². The van der Waals surface area contributed by atoms with E-state index >= 15 is 0 Å². The van der Waals surface area contributed by atoms with Gasteiger partial charge >= 0.3 is 0 Å². The maximum Gasteiger partial charge on any atom is 0.167 e. The summed E-state index contributed by atoms with van der Waals surface area (Å²) in [4.78, 5) is 2.14. The first kappa shape index (κ1) is 14.9. The summed E-state index contributed by atoms with van der Waals surface area (Å²) >= 11 is 0. The van der Waals surface area contributed by atoms with Crippen LogP contribution in [0.25, 0.3) is 0 Å². The van der Waals surface area contributed by atoms with Crippen molar-refractivity contribution < 1.29 is 13.9 Å². The minimum atomic E-state index is -0.415. The van der Waals surface area contributed by atoms with E-state index in [0.717, 1.165) is 25.2 Å². The Morgan fingerprint density at radius 1 is 1.45 bits per heavy atom. The Bertz CT molecular complexity index is 467. The first-order valence-corrected chi connectivity index (χ1v) is 7.06. The predicted octanol–water partition coefficient (Wildman–Crippen LogP) is 2.67. The van der Waals surface area contributed by atoms with Gasteiger partial charge in [-0.05, 0) is 19.3 Å². The summed E-state index contributed by atoms with van der Waals surface area (Å²) in [7, 11) is 1.73. The van der Waals surface area contributed by atoms with E-state index in [0.29, 0.717) is 18.2 Å². The fourth-order valence-electron chi connectivity index (χ4n) is 2.66. The molecule has 0 spiro atoms. The minimum Gasteiger partial charge on any atom is -0.491 e. The summed E-state index contributed by atoms with van der Waals surface area (Å²) in [5.41, 5.74) is 7.22. The van der Waals surface area contributed by atoms with Crippen LogP contribution in [-0.4, -0.2) is 32.9 Å². The molecular formula is C15H23FN2O2. The third-order valence-corrected chi connectivity index (χ3v) is 3.91. The Kier molecular flexibility index (Phi) is 4.70. The molecule has 5 heteroatoms. The zero-order valence-electron chi connectivity index (χ0n) is 12.4. The number of hydrogen-bond acceptors (Lipinski definition) is 4. The van der Waals surface area contributed by atoms with Crippen molar-refractivity contribution in [3.63, 3.8) is 0 Å². The molecule has 1 aliphatic rings. The lowest BCUT2D eigenvalue weighted by atomic mass is 9.95. The van der Waals surface area contributed by atoms with Gasteiger partial charge in [-0.15, -0.1) is 0 Å². The van der Waals surface area contributed by atoms with Gasteiger partial charge < -0.3 is 20.1 Å². The van der Waals surface area contributed by atoms with Gasteiger partial charge in [0.1, 0.15) is 0 Å². The van der Waals surface area contributed by atoms with Gasteiger partial charge in [0.15, 0.2) is 11.6 Å². The topological polar surface area (TPSA) is 47.7 Å². The minimum absolute atomic E-state index is 0.170. The zero-order valence-corrected chi connectivity index (χ0v) is 12.4. The lowest BCUT2D eigenvalue weighted by Crippen LogP contribution is -2.44. The molecule has 2 atom stereocenters. The number of nitrogens with zero attached hydrogens (tertiary/aromatic N) is 1. The van der Waals surface area contributed by atoms with Crippen LogP contribution in [0.15, 0.2) is 12.1 Å². The fraction of sp³-hybridized carbons (Fsp3) is 0.600. The summed E-state index contributed by atoms with van der Waals surface area (Å²) in [5, 5.41) is 0. The normalized spacial score (nSPS) is 22.9. The first-order valence-electron chi connectivity index (χ1n) is 7.06. The molecular weight excluding hydrogens is 259 g/mol. The number of rotatable bonds is 4. The largest absolute Gasteiger partial charge is 0.491 e. The van der Waals surface area contributed by atoms with Crippen LogP contribution in [0.1, 0.15) is 20.3 Å². The lowest BCUT2D eigenvalue weighted by molar-refractivity contribution is 0.0498. The van der Waals surface area contributed by atoms with Gasteiger partial charge in [-0.2, -0.15) is 0 Å². The molecule has 20 heavy (non-hydrogen) atoms. The smallest absolute Gasteiger partial charge is 0.167 e. The number of nitrogen functional groups attached to an aromatic ring is 1. The molecule has 1 aromatic rings. The van der Waals surface area contributed by atoms with Crippen LogP contribution < -0.4 is 15.4 Å². The standard InChI is InChI=1S/C15H23FN2O2/c1-4-20-14-8-13(12(17)7-11(14)16)18-6-5-10(2)15(9-18)19-3/h7-8,10,15H,4-6,9,17H2,1-3H3. The van der Waals surface area contributed by atoms with E-state index in [9.17, 15) is 4.39 Å². The van der Waals surface area contributed by atoms with Crippen LogP contribution in [0.5, 0.6) is 5.75 Å². The van der Waals surface area contributed by atoms with Crippen molar-refractivity contribution in [3.8, 4) is 5.75 Å². The number of anilines is 2. The van der Waals surface area contributed by atoms with Crippen LogP contribution in [0.3, 0.4) is 0 Å². The number of hydrogen-bond donors (Lipinski definition) is 1. The molecule has 2 N–H and O–H groups in total. The molecule has 2 unspecified atom stereocenters. The molecule has 4 nitrogen and oxygen atoms in total. The molecule has 1 saturated heterocycles. The number of halogens is 1. The van der Waals surface area contributed by atoms with Crippen molar-refractivity contribution in [1.29, 1.82) is 0 Å². The number of benzene rings is 1. The highest BCUT2D eigenvalue weighted by atomic mass is 19.1. The second kappa shape index (κ2) is 6.31. The van der Waals surface area contributed by atoms with Crippen molar-refractivity contribution in [3.05, 3.63) is 17.9 Å². The lowest BCUT2D eigenvalue weighted by Gasteiger charge is -2.38. The van der Waals surface area contributed by atoms with E-state index in [1.54, 1.807) is 13.2 Å². The molecule has 1 fully saturated rings. The number of ether oxygens (including phenoxy) is 2. The summed E-state index contributed by atoms with van der Waals surface area (Å²) in [6, 6.07) is 3.02. The van der Waals surface area contributed by atoms with E-state index in [2.05, 4.69) is 11.8 Å². The Morgan fingerprint density at radius 3 is 2.85 bits per heavy atom. The van der Waals surface area contributed by atoms with Crippen molar-refractivity contribution >= 4 is 11.4 Å². The van der Waals surface area contributed by atoms with E-state index in [-0.39, 0.29) is 11.9 Å². The van der Waals surface area contributed by atoms with Crippen LogP contribution in [0.2, 0.25) is 0 Å². The molecule has 0 amide bonds. The molecule has 0 aliphatic carbocycles. The van der Waals surface area contributed by atoms with Gasteiger partial charge in [0, 0.05) is 32.3 Å². The highest BCUT2D eigenvalue weighted by Gasteiger charge is 2.27. The maximum absolute atomic E-state index is 13.7. The average molecular weight is 282 g/mol. The Balaban J connectivity index is 2.25. The summed E-state index contributed by atoms with van der Waals surface area (Å²) < 4.78 is 24.6. The van der Waals surface area contributed by atoms with Gasteiger partial charge in [-0.1, -0.05) is 6.92 Å². The van der Waals surface area contributed by atoms with E-state index in [4.69, 9.17) is 15.2 Å². The molecule has 1 aliphatic heterocycles. The number of methoxy groups -OCH3 is 1. The Morgan fingerprint density at radius 2 is 2.20 bits per heavy atom. The third kappa shape index (κ3) is 2.98. The molecule has 0 bridgehead atoms. The molecule has 112 valence electrons. The van der Waals surface area contributed by atoms with Gasteiger partial charge in [0.05, 0.1) is 24.1 Å². The predicted molar refractivity (Wildman–Crippen MR) is 78.8 cm³/mol. The van der Waals surface area contributed by atoms with Gasteiger partial charge in [-0.25, -0.2) is 4.39 Å². The average Bonchev–Trinajstić information content (AvgIpc) is 2.43. The van der Waals surface area contributed by atoms with Gasteiger partial charge in [-0.3, -0.25) is 0 Å². The first-order chi connectivity index (χ1) is 9.56. The zero-order chi connectivity index (χ0) is 14.7. The van der Waals surface area contributed by atoms with E-state index in [1.807, 2.05) is 6.92 Å². The second-order valence-corrected chi connectivity index (χ2v) is 5.26. The SMILES string of the molecule is CCOc1cc(N2CCC(C)C(OC)C2)c(N)cc1F. The number of piperidine rings is 1. The van der Waals surface area contributed by atoms with E-state index in [1.165, 1.54) is 6.07 Å². The van der Waals surface area contributed by atoms with Crippen LogP contribution in [0.4, 0.5) is 15.8 Å². The van der Waals surface area contributed by atoms with Crippen LogP contribution >= 0.6 is 0 Å². The van der Waals surface area contributed by atoms with Crippen molar-refractivity contribution in [2.24, 2.45) is 5.92 Å². The maximum atomic E-state index is 13.7. The summed E-state index contributed by atoms with van der Waals surface area (Å²) in [6.45, 7) is 6.10. The molecule has 0 radical (unpaired) electrons. The van der Waals surface area contributed by atoms with Crippen LogP contribution in [0, 0.1) is 11.7 Å². The highest BCUT2D eigenvalue weighted by molar-refractivity contribution is 5.70. The van der Waals surface area contributed by atoms with Crippen molar-refractivity contribution in [2.45, 2.75) is 26.4 Å². The van der Waals surface area contributed by atoms with Gasteiger partial charge in [0.25, 0.3) is 0 Å². The van der Waals surface area contributed by atoms with Crippen LogP contribution in [-0.2, 0) is 4.74 Å². The Hall–Kier alpha value is -1.49. The number of nitrogens with two attached hydrogens (primary N) is 1. The molecule has 1 aromatic carbocycles. The molecule has 2 rings (SSSR count). The quantitative estimate of drug-likeness (QED) is 0.863. The third-order valence-electron chi connectivity index (χ3n) is 3.91. The molecule has 0 aromatic heterocycles. The highest BCUT2D eigenvalue weighted by Crippen LogP contribution is 2.34. The molecule has 0 saturated carbocycles. The van der Waals surface area contributed by atoms with Crippen molar-refractivity contribution in [1.82, 2.24) is 0 Å². The van der Waals surface area contributed by atoms with Crippen molar-refractivity contribution in [2.75, 3.05) is 37.4 Å². The summed E-state index contributed by atoms with van der Waals surface area (Å²) in [5.74, 6) is 0.357. The monoisotopic (exact) mass is 282 g/mol. The fourth-order valence-corrected chi connectivity index (χ4v) is 2.66. The second-order valence-electron chi connectivity index (χ2n) is 5.26.